The second-order valence-electron chi connectivity index (χ2n) is 6.32. The molecule has 0 fully saturated rings. The number of carbonyl (C=O) groups is 2. The van der Waals surface area contributed by atoms with Crippen molar-refractivity contribution in [2.75, 3.05) is 13.1 Å². The number of carboxylic acids is 1. The van der Waals surface area contributed by atoms with Gasteiger partial charge in [0.1, 0.15) is 5.60 Å². The van der Waals surface area contributed by atoms with E-state index in [1.165, 1.54) is 5.57 Å². The van der Waals surface area contributed by atoms with Crippen LogP contribution in [0.4, 0.5) is 4.79 Å². The highest BCUT2D eigenvalue weighted by atomic mass is 16.6. The predicted molar refractivity (Wildman–Crippen MR) is 76.5 cm³/mol. The Balaban J connectivity index is 2.41. The third-order valence-corrected chi connectivity index (χ3v) is 3.27. The number of carbonyl (C=O) groups excluding carboxylic acids is 1. The van der Waals surface area contributed by atoms with E-state index in [0.29, 0.717) is 19.5 Å². The molecule has 5 nitrogen and oxygen atoms in total. The molecular formula is C15H25NO4. The van der Waals surface area contributed by atoms with Gasteiger partial charge in [0.25, 0.3) is 0 Å². The van der Waals surface area contributed by atoms with Crippen molar-refractivity contribution in [3.63, 3.8) is 0 Å². The van der Waals surface area contributed by atoms with E-state index in [1.54, 1.807) is 11.8 Å². The number of aliphatic carboxylic acids is 1. The van der Waals surface area contributed by atoms with Crippen molar-refractivity contribution in [3.05, 3.63) is 11.6 Å². The zero-order valence-electron chi connectivity index (χ0n) is 12.8. The van der Waals surface area contributed by atoms with Crippen molar-refractivity contribution in [2.24, 2.45) is 5.92 Å². The van der Waals surface area contributed by atoms with E-state index in [-0.39, 0.29) is 12.0 Å². The number of hydrogen-bond acceptors (Lipinski definition) is 3. The number of ether oxygens (including phenoxy) is 1. The Morgan fingerprint density at radius 2 is 2.10 bits per heavy atom. The first-order chi connectivity index (χ1) is 9.19. The zero-order chi connectivity index (χ0) is 15.3. The van der Waals surface area contributed by atoms with E-state index in [9.17, 15) is 9.59 Å². The first kappa shape index (κ1) is 16.5. The Morgan fingerprint density at radius 3 is 2.55 bits per heavy atom. The summed E-state index contributed by atoms with van der Waals surface area (Å²) in [6, 6.07) is 0. The summed E-state index contributed by atoms with van der Waals surface area (Å²) >= 11 is 0. The van der Waals surface area contributed by atoms with Gasteiger partial charge in [0, 0.05) is 13.1 Å². The van der Waals surface area contributed by atoms with Crippen molar-refractivity contribution in [1.82, 2.24) is 4.90 Å². The lowest BCUT2D eigenvalue weighted by Gasteiger charge is -2.29. The molecule has 0 radical (unpaired) electrons. The first-order valence-corrected chi connectivity index (χ1v) is 7.07. The van der Waals surface area contributed by atoms with E-state index in [0.717, 1.165) is 12.8 Å². The fraction of sp³-hybridized carbons (Fsp3) is 0.733. The van der Waals surface area contributed by atoms with Crippen molar-refractivity contribution >= 4 is 12.1 Å². The molecule has 5 heteroatoms. The average molecular weight is 283 g/mol. The van der Waals surface area contributed by atoms with Crippen molar-refractivity contribution in [2.45, 2.75) is 52.6 Å². The van der Waals surface area contributed by atoms with Crippen LogP contribution in [0, 0.1) is 5.92 Å². The molecule has 0 bridgehead atoms. The smallest absolute Gasteiger partial charge is 0.410 e. The summed E-state index contributed by atoms with van der Waals surface area (Å²) in [5.74, 6) is -1.07. The van der Waals surface area contributed by atoms with Gasteiger partial charge in [-0.25, -0.2) is 4.79 Å². The fourth-order valence-electron chi connectivity index (χ4n) is 1.96. The molecule has 1 atom stereocenters. The molecule has 0 aromatic rings. The minimum Gasteiger partial charge on any atom is -0.481 e. The summed E-state index contributed by atoms with van der Waals surface area (Å²) < 4.78 is 5.32. The summed E-state index contributed by atoms with van der Waals surface area (Å²) in [5, 5.41) is 8.85. The molecule has 0 saturated heterocycles. The molecular weight excluding hydrogens is 258 g/mol. The Hall–Kier alpha value is -1.52. The maximum Gasteiger partial charge on any atom is 0.410 e. The molecule has 0 aromatic heterocycles. The molecule has 1 heterocycles. The molecule has 0 saturated carbocycles. The van der Waals surface area contributed by atoms with Gasteiger partial charge >= 0.3 is 12.1 Å². The van der Waals surface area contributed by atoms with Crippen molar-refractivity contribution in [1.29, 1.82) is 0 Å². The topological polar surface area (TPSA) is 66.8 Å². The summed E-state index contributed by atoms with van der Waals surface area (Å²) in [6.45, 7) is 8.46. The van der Waals surface area contributed by atoms with Gasteiger partial charge in [0.2, 0.25) is 0 Å². The van der Waals surface area contributed by atoms with Gasteiger partial charge in [0.15, 0.2) is 0 Å². The molecule has 0 aromatic carbocycles. The van der Waals surface area contributed by atoms with Crippen LogP contribution in [0.5, 0.6) is 0 Å². The highest BCUT2D eigenvalue weighted by Gasteiger charge is 2.23. The average Bonchev–Trinajstić information content (AvgIpc) is 2.34. The molecule has 0 aliphatic carbocycles. The van der Waals surface area contributed by atoms with Crippen molar-refractivity contribution < 1.29 is 19.4 Å². The lowest BCUT2D eigenvalue weighted by atomic mass is 9.97. The number of hydrogen-bond donors (Lipinski definition) is 1. The molecule has 114 valence electrons. The molecule has 1 rings (SSSR count). The van der Waals surface area contributed by atoms with Crippen LogP contribution in [-0.4, -0.2) is 40.8 Å². The van der Waals surface area contributed by atoms with Crippen LogP contribution in [0.2, 0.25) is 0 Å². The number of carboxylic acid groups (broad SMARTS) is 1. The summed E-state index contributed by atoms with van der Waals surface area (Å²) in [6.07, 6.45) is 3.96. The third-order valence-electron chi connectivity index (χ3n) is 3.27. The monoisotopic (exact) mass is 283 g/mol. The van der Waals surface area contributed by atoms with Crippen LogP contribution in [0.1, 0.15) is 47.0 Å². The normalized spacial score (nSPS) is 17.4. The highest BCUT2D eigenvalue weighted by molar-refractivity contribution is 5.69. The number of nitrogens with zero attached hydrogens (tertiary/aromatic N) is 1. The van der Waals surface area contributed by atoms with E-state index in [1.807, 2.05) is 26.8 Å². The van der Waals surface area contributed by atoms with Gasteiger partial charge in [-0.05, 0) is 40.0 Å². The molecule has 1 aliphatic rings. The maximum absolute atomic E-state index is 11.9. The van der Waals surface area contributed by atoms with E-state index in [4.69, 9.17) is 9.84 Å². The van der Waals surface area contributed by atoms with Gasteiger partial charge in [-0.3, -0.25) is 4.79 Å². The molecule has 0 spiro atoms. The Kier molecular flexibility index (Phi) is 5.60. The minimum atomic E-state index is -0.753. The van der Waals surface area contributed by atoms with Crippen LogP contribution in [0.3, 0.4) is 0 Å². The molecule has 1 amide bonds. The summed E-state index contributed by atoms with van der Waals surface area (Å²) in [5.41, 5.74) is 0.760. The first-order valence-electron chi connectivity index (χ1n) is 7.07. The van der Waals surface area contributed by atoms with Gasteiger partial charge in [0.05, 0.1) is 5.92 Å². The largest absolute Gasteiger partial charge is 0.481 e. The highest BCUT2D eigenvalue weighted by Crippen LogP contribution is 2.20. The molecule has 1 unspecified atom stereocenters. The van der Waals surface area contributed by atoms with Crippen LogP contribution >= 0.6 is 0 Å². The van der Waals surface area contributed by atoms with Gasteiger partial charge < -0.3 is 14.7 Å². The molecule has 1 aliphatic heterocycles. The lowest BCUT2D eigenvalue weighted by molar-refractivity contribution is -0.141. The predicted octanol–water partition coefficient (Wildman–Crippen LogP) is 3.05. The van der Waals surface area contributed by atoms with E-state index < -0.39 is 11.6 Å². The summed E-state index contributed by atoms with van der Waals surface area (Å²) in [7, 11) is 0. The molecule has 20 heavy (non-hydrogen) atoms. The molecule has 1 N–H and O–H groups in total. The summed E-state index contributed by atoms with van der Waals surface area (Å²) in [4.78, 5) is 24.3. The lowest BCUT2D eigenvalue weighted by Crippen LogP contribution is -2.39. The number of rotatable bonds is 4. The third kappa shape index (κ3) is 5.63. The zero-order valence-corrected chi connectivity index (χ0v) is 12.8. The van der Waals surface area contributed by atoms with Gasteiger partial charge in [-0.2, -0.15) is 0 Å². The number of amides is 1. The second kappa shape index (κ2) is 6.77. The quantitative estimate of drug-likeness (QED) is 0.805. The Bertz CT molecular complexity index is 395. The van der Waals surface area contributed by atoms with Gasteiger partial charge in [-0.1, -0.05) is 18.6 Å². The Morgan fingerprint density at radius 1 is 1.45 bits per heavy atom. The second-order valence-corrected chi connectivity index (χ2v) is 6.32. The van der Waals surface area contributed by atoms with Crippen LogP contribution in [0.25, 0.3) is 0 Å². The van der Waals surface area contributed by atoms with Gasteiger partial charge in [-0.15, -0.1) is 0 Å². The minimum absolute atomic E-state index is 0.285. The van der Waals surface area contributed by atoms with E-state index in [2.05, 4.69) is 0 Å². The SMILES string of the molecule is CC(CCC1=CCN(C(=O)OC(C)(C)C)CC1)C(=O)O. The fourth-order valence-corrected chi connectivity index (χ4v) is 1.96. The Labute approximate surface area is 120 Å². The van der Waals surface area contributed by atoms with Crippen LogP contribution in [-0.2, 0) is 9.53 Å². The van der Waals surface area contributed by atoms with E-state index >= 15 is 0 Å². The standard InChI is InChI=1S/C15H25NO4/c1-11(13(17)18)5-6-12-7-9-16(10-8-12)14(19)20-15(2,3)4/h7,11H,5-6,8-10H2,1-4H3,(H,17,18). The maximum atomic E-state index is 11.9. The van der Waals surface area contributed by atoms with Crippen LogP contribution in [0.15, 0.2) is 11.6 Å². The van der Waals surface area contributed by atoms with Crippen molar-refractivity contribution in [3.8, 4) is 0 Å². The van der Waals surface area contributed by atoms with Crippen LogP contribution < -0.4 is 0 Å².